The number of amides is 2. The van der Waals surface area contributed by atoms with Crippen molar-refractivity contribution < 1.29 is 19.2 Å². The Hall–Kier alpha value is -3.22. The van der Waals surface area contributed by atoms with Crippen LogP contribution in [0.4, 0.5) is 10.5 Å². The van der Waals surface area contributed by atoms with Gasteiger partial charge >= 0.3 is 6.09 Å². The van der Waals surface area contributed by atoms with Gasteiger partial charge in [-0.05, 0) is 32.8 Å². The normalized spacial score (nSPS) is 18.8. The molecule has 1 saturated heterocycles. The molecule has 0 bridgehead atoms. The Morgan fingerprint density at radius 2 is 1.82 bits per heavy atom. The molecule has 0 unspecified atom stereocenters. The van der Waals surface area contributed by atoms with E-state index in [0.29, 0.717) is 5.56 Å². The van der Waals surface area contributed by atoms with Crippen LogP contribution in [0, 0.1) is 24.0 Å². The first-order valence-corrected chi connectivity index (χ1v) is 9.11. The van der Waals surface area contributed by atoms with E-state index in [4.69, 9.17) is 4.74 Å². The third kappa shape index (κ3) is 3.88. The summed E-state index contributed by atoms with van der Waals surface area (Å²) in [6.07, 6.45) is -1.03. The number of aryl methyl sites for hydroxylation is 3. The van der Waals surface area contributed by atoms with Crippen molar-refractivity contribution in [2.24, 2.45) is 0 Å². The minimum Gasteiger partial charge on any atom is -0.439 e. The number of nitro groups is 1. The molecule has 0 N–H and O–H groups in total. The van der Waals surface area contributed by atoms with E-state index >= 15 is 0 Å². The summed E-state index contributed by atoms with van der Waals surface area (Å²) >= 11 is 0. The average molecular weight is 382 g/mol. The molecule has 0 aromatic heterocycles. The molecule has 0 spiro atoms. The molecule has 0 aliphatic carbocycles. The van der Waals surface area contributed by atoms with E-state index in [9.17, 15) is 19.7 Å². The number of benzene rings is 2. The second kappa shape index (κ2) is 7.80. The average Bonchev–Trinajstić information content (AvgIpc) is 2.93. The number of rotatable bonds is 5. The lowest BCUT2D eigenvalue weighted by atomic mass is 9.98. The molecule has 2 aromatic rings. The van der Waals surface area contributed by atoms with E-state index in [1.807, 2.05) is 32.0 Å². The molecule has 0 saturated carbocycles. The summed E-state index contributed by atoms with van der Waals surface area (Å²) in [7, 11) is 0. The molecule has 1 heterocycles. The smallest absolute Gasteiger partial charge is 0.417 e. The lowest BCUT2D eigenvalue weighted by Crippen LogP contribution is -2.37. The van der Waals surface area contributed by atoms with Crippen LogP contribution in [0.2, 0.25) is 0 Å². The molecule has 1 fully saturated rings. The Kier molecular flexibility index (Phi) is 5.44. The Balaban J connectivity index is 1.74. The summed E-state index contributed by atoms with van der Waals surface area (Å²) in [5.74, 6) is -0.400. The minimum absolute atomic E-state index is 0.0101. The third-order valence-electron chi connectivity index (χ3n) is 4.91. The zero-order valence-electron chi connectivity index (χ0n) is 16.0. The zero-order chi connectivity index (χ0) is 20.4. The maximum Gasteiger partial charge on any atom is 0.417 e. The number of cyclic esters (lactones) is 1. The molecule has 7 nitrogen and oxygen atoms in total. The van der Waals surface area contributed by atoms with Crippen molar-refractivity contribution in [2.45, 2.75) is 45.8 Å². The molecule has 7 heteroatoms. The first-order valence-electron chi connectivity index (χ1n) is 9.11. The molecule has 146 valence electrons. The number of ether oxygens (including phenoxy) is 1. The number of hydrogen-bond acceptors (Lipinski definition) is 5. The molecule has 2 aromatic carbocycles. The Morgan fingerprint density at radius 3 is 2.46 bits per heavy atom. The Labute approximate surface area is 163 Å². The lowest BCUT2D eigenvalue weighted by molar-refractivity contribution is -0.385. The highest BCUT2D eigenvalue weighted by Crippen LogP contribution is 2.34. The minimum atomic E-state index is -0.677. The summed E-state index contributed by atoms with van der Waals surface area (Å²) in [4.78, 5) is 36.8. The first kappa shape index (κ1) is 19.5. The molecular weight excluding hydrogens is 360 g/mol. The summed E-state index contributed by atoms with van der Waals surface area (Å²) in [5, 5.41) is 11.1. The molecular formula is C21H22N2O5. The molecule has 1 aliphatic rings. The van der Waals surface area contributed by atoms with E-state index in [-0.39, 0.29) is 18.5 Å². The maximum atomic E-state index is 12.7. The van der Waals surface area contributed by atoms with Crippen molar-refractivity contribution in [2.75, 3.05) is 0 Å². The van der Waals surface area contributed by atoms with Gasteiger partial charge in [0.2, 0.25) is 5.91 Å². The van der Waals surface area contributed by atoms with Gasteiger partial charge in [0.05, 0.1) is 11.0 Å². The highest BCUT2D eigenvalue weighted by molar-refractivity contribution is 5.94. The second-order valence-corrected chi connectivity index (χ2v) is 7.12. The van der Waals surface area contributed by atoms with Crippen molar-refractivity contribution in [1.29, 1.82) is 0 Å². The molecule has 2 amide bonds. The summed E-state index contributed by atoms with van der Waals surface area (Å²) < 4.78 is 5.48. The largest absolute Gasteiger partial charge is 0.439 e. The van der Waals surface area contributed by atoms with Gasteiger partial charge in [0.1, 0.15) is 6.10 Å². The van der Waals surface area contributed by atoms with Crippen LogP contribution in [-0.4, -0.2) is 27.9 Å². The van der Waals surface area contributed by atoms with E-state index < -0.39 is 29.1 Å². The van der Waals surface area contributed by atoms with Gasteiger partial charge in [0.15, 0.2) is 0 Å². The molecule has 3 rings (SSSR count). The Bertz CT molecular complexity index is 920. The van der Waals surface area contributed by atoms with Gasteiger partial charge in [-0.25, -0.2) is 9.69 Å². The number of hydrogen-bond donors (Lipinski definition) is 0. The standard InChI is InChI=1S/C21H22N2O5/c1-13-10-14(2)12-17(11-13)20-15(3)22(21(25)28-20)19(24)9-8-16-6-4-5-7-18(16)23(26)27/h4-7,10-12,15,20H,8-9H2,1-3H3/t15-,20-/m0/s1. The second-order valence-electron chi connectivity index (χ2n) is 7.12. The first-order chi connectivity index (χ1) is 13.3. The van der Waals surface area contributed by atoms with E-state index in [2.05, 4.69) is 0 Å². The summed E-state index contributed by atoms with van der Waals surface area (Å²) in [6, 6.07) is 11.8. The van der Waals surface area contributed by atoms with Crippen molar-refractivity contribution in [1.82, 2.24) is 4.90 Å². The van der Waals surface area contributed by atoms with Crippen LogP contribution in [0.25, 0.3) is 0 Å². The number of carbonyl (C=O) groups is 2. The van der Waals surface area contributed by atoms with Crippen LogP contribution in [0.15, 0.2) is 42.5 Å². The van der Waals surface area contributed by atoms with Gasteiger partial charge in [-0.3, -0.25) is 14.9 Å². The fourth-order valence-corrected chi connectivity index (χ4v) is 3.68. The topological polar surface area (TPSA) is 89.8 Å². The monoisotopic (exact) mass is 382 g/mol. The van der Waals surface area contributed by atoms with Gasteiger partial charge < -0.3 is 4.74 Å². The van der Waals surface area contributed by atoms with Crippen LogP contribution in [-0.2, 0) is 16.0 Å². The maximum absolute atomic E-state index is 12.7. The van der Waals surface area contributed by atoms with Crippen molar-refractivity contribution in [3.05, 3.63) is 74.8 Å². The van der Waals surface area contributed by atoms with E-state index in [0.717, 1.165) is 21.6 Å². The predicted molar refractivity (Wildman–Crippen MR) is 103 cm³/mol. The van der Waals surface area contributed by atoms with Gasteiger partial charge in [-0.1, -0.05) is 47.5 Å². The fraction of sp³-hybridized carbons (Fsp3) is 0.333. The number of imide groups is 1. The van der Waals surface area contributed by atoms with Gasteiger partial charge in [-0.2, -0.15) is 0 Å². The molecule has 2 atom stereocenters. The third-order valence-corrected chi connectivity index (χ3v) is 4.91. The zero-order valence-corrected chi connectivity index (χ0v) is 16.0. The van der Waals surface area contributed by atoms with Crippen molar-refractivity contribution in [3.8, 4) is 0 Å². The van der Waals surface area contributed by atoms with Gasteiger partial charge in [-0.15, -0.1) is 0 Å². The van der Waals surface area contributed by atoms with Crippen LogP contribution in [0.1, 0.15) is 41.7 Å². The van der Waals surface area contributed by atoms with Crippen LogP contribution >= 0.6 is 0 Å². The summed E-state index contributed by atoms with van der Waals surface area (Å²) in [6.45, 7) is 5.71. The van der Waals surface area contributed by atoms with Crippen LogP contribution in [0.3, 0.4) is 0 Å². The van der Waals surface area contributed by atoms with Crippen LogP contribution < -0.4 is 0 Å². The highest BCUT2D eigenvalue weighted by Gasteiger charge is 2.43. The SMILES string of the molecule is Cc1cc(C)cc([C@H]2OC(=O)N(C(=O)CCc3ccccc3[N+](=O)[O-])[C@H]2C)c1. The fourth-order valence-electron chi connectivity index (χ4n) is 3.68. The number of para-hydroxylation sites is 1. The lowest BCUT2D eigenvalue weighted by Gasteiger charge is -2.20. The van der Waals surface area contributed by atoms with Gasteiger partial charge in [0.25, 0.3) is 5.69 Å². The van der Waals surface area contributed by atoms with Crippen LogP contribution in [0.5, 0.6) is 0 Å². The van der Waals surface area contributed by atoms with Crippen molar-refractivity contribution in [3.63, 3.8) is 0 Å². The Morgan fingerprint density at radius 1 is 1.18 bits per heavy atom. The molecule has 0 radical (unpaired) electrons. The van der Waals surface area contributed by atoms with Crippen molar-refractivity contribution >= 4 is 17.7 Å². The quantitative estimate of drug-likeness (QED) is 0.569. The number of nitrogens with zero attached hydrogens (tertiary/aromatic N) is 2. The molecule has 28 heavy (non-hydrogen) atoms. The van der Waals surface area contributed by atoms with E-state index in [1.165, 1.54) is 6.07 Å². The van der Waals surface area contributed by atoms with Gasteiger partial charge in [0, 0.05) is 18.1 Å². The number of carbonyl (C=O) groups excluding carboxylic acids is 2. The van der Waals surface area contributed by atoms with E-state index in [1.54, 1.807) is 25.1 Å². The number of nitro benzene ring substituents is 1. The summed E-state index contributed by atoms with van der Waals surface area (Å²) in [5.41, 5.74) is 3.40. The molecule has 1 aliphatic heterocycles. The predicted octanol–water partition coefficient (Wildman–Crippen LogP) is 4.25. The highest BCUT2D eigenvalue weighted by atomic mass is 16.6.